The first-order chi connectivity index (χ1) is 27.2. The van der Waals surface area contributed by atoms with Crippen LogP contribution in [0, 0.1) is 28.1 Å². The number of amides is 2. The van der Waals surface area contributed by atoms with Crippen LogP contribution in [0.4, 0.5) is 11.4 Å². The first-order valence-corrected chi connectivity index (χ1v) is 20.1. The number of piperidine rings is 1. The number of rotatable bonds is 9. The number of aliphatic hydroxyl groups excluding tert-OH is 1. The van der Waals surface area contributed by atoms with Crippen molar-refractivity contribution in [2.45, 2.75) is 65.0 Å². The second-order valence-corrected chi connectivity index (χ2v) is 17.6. The van der Waals surface area contributed by atoms with E-state index < -0.39 is 18.2 Å². The van der Waals surface area contributed by atoms with E-state index in [-0.39, 0.29) is 34.4 Å². The fourth-order valence-corrected chi connectivity index (χ4v) is 9.88. The molecule has 8 rings (SSSR count). The highest BCUT2D eigenvalue weighted by atomic mass is 35.5. The van der Waals surface area contributed by atoms with Gasteiger partial charge in [0.25, 0.3) is 11.5 Å². The van der Waals surface area contributed by atoms with Gasteiger partial charge in [0.05, 0.1) is 22.2 Å². The smallest absolute Gasteiger partial charge is 0.275 e. The predicted molar refractivity (Wildman–Crippen MR) is 219 cm³/mol. The normalized spacial score (nSPS) is 24.5. The molecule has 1 aliphatic carbocycles. The molecule has 14 heteroatoms. The zero-order valence-electron chi connectivity index (χ0n) is 32.7. The molecule has 3 N–H and O–H groups in total. The SMILES string of the molecule is CC1(C)C(NC(=O)c2ccc(N3CC(CN4CCN(c5ccc6c(=O)n(C7CC[C@@H](O)NC7=O)ncc6c5)CC4)C3)cc2)C(C)(C)C1Oc1ccc(C#N)c(Cl)c1. The van der Waals surface area contributed by atoms with E-state index >= 15 is 0 Å². The third-order valence-corrected chi connectivity index (χ3v) is 12.9. The van der Waals surface area contributed by atoms with Crippen LogP contribution in [0.5, 0.6) is 5.75 Å². The monoisotopic (exact) mass is 792 g/mol. The van der Waals surface area contributed by atoms with Crippen molar-refractivity contribution in [3.05, 3.63) is 93.4 Å². The van der Waals surface area contributed by atoms with E-state index in [9.17, 15) is 24.8 Å². The van der Waals surface area contributed by atoms with E-state index in [2.05, 4.69) is 64.2 Å². The number of piperazine rings is 1. The number of aliphatic hydroxyl groups is 1. The van der Waals surface area contributed by atoms with Gasteiger partial charge in [-0.3, -0.25) is 19.3 Å². The summed E-state index contributed by atoms with van der Waals surface area (Å²) in [6.07, 6.45) is 1.33. The van der Waals surface area contributed by atoms with E-state index in [4.69, 9.17) is 16.3 Å². The van der Waals surface area contributed by atoms with Gasteiger partial charge in [0.1, 0.15) is 30.2 Å². The van der Waals surface area contributed by atoms with Crippen LogP contribution < -0.4 is 30.7 Å². The average molecular weight is 793 g/mol. The van der Waals surface area contributed by atoms with Crippen molar-refractivity contribution >= 4 is 45.6 Å². The Bertz CT molecular complexity index is 2280. The number of aromatic nitrogens is 2. The maximum atomic E-state index is 13.5. The zero-order valence-corrected chi connectivity index (χ0v) is 33.5. The number of fused-ring (bicyclic) bond motifs is 1. The van der Waals surface area contributed by atoms with Crippen LogP contribution >= 0.6 is 11.6 Å². The number of carbonyl (C=O) groups excluding carboxylic acids is 2. The number of anilines is 2. The molecule has 4 fully saturated rings. The lowest BCUT2D eigenvalue weighted by atomic mass is 9.49. The van der Waals surface area contributed by atoms with Gasteiger partial charge in [-0.1, -0.05) is 39.3 Å². The molecule has 0 spiro atoms. The van der Waals surface area contributed by atoms with Crippen LogP contribution in [0.3, 0.4) is 0 Å². The van der Waals surface area contributed by atoms with Gasteiger partial charge in [0.15, 0.2) is 0 Å². The minimum Gasteiger partial charge on any atom is -0.489 e. The van der Waals surface area contributed by atoms with E-state index in [1.165, 1.54) is 4.68 Å². The van der Waals surface area contributed by atoms with Crippen molar-refractivity contribution in [1.82, 2.24) is 25.3 Å². The number of halogens is 1. The molecule has 2 atom stereocenters. The minimum absolute atomic E-state index is 0.107. The van der Waals surface area contributed by atoms with E-state index in [1.54, 1.807) is 24.4 Å². The predicted octanol–water partition coefficient (Wildman–Crippen LogP) is 4.56. The molecule has 3 aliphatic heterocycles. The Balaban J connectivity index is 0.795. The highest BCUT2D eigenvalue weighted by molar-refractivity contribution is 6.31. The summed E-state index contributed by atoms with van der Waals surface area (Å²) in [5.41, 5.74) is 2.20. The topological polar surface area (TPSA) is 156 Å². The maximum Gasteiger partial charge on any atom is 0.275 e. The van der Waals surface area contributed by atoms with Crippen LogP contribution in [0.2, 0.25) is 5.02 Å². The second kappa shape index (κ2) is 15.0. The van der Waals surface area contributed by atoms with Gasteiger partial charge in [-0.25, -0.2) is 4.68 Å². The van der Waals surface area contributed by atoms with Crippen molar-refractivity contribution in [2.75, 3.05) is 55.6 Å². The first-order valence-electron chi connectivity index (χ1n) is 19.7. The molecule has 298 valence electrons. The molecule has 1 aromatic heterocycles. The summed E-state index contributed by atoms with van der Waals surface area (Å²) in [5.74, 6) is 0.674. The second-order valence-electron chi connectivity index (χ2n) is 17.2. The molecular formula is C43H49ClN8O5. The van der Waals surface area contributed by atoms with Crippen molar-refractivity contribution in [2.24, 2.45) is 16.7 Å². The number of nitrogens with one attached hydrogen (secondary N) is 2. The summed E-state index contributed by atoms with van der Waals surface area (Å²) in [6.45, 7) is 15.0. The molecule has 1 unspecified atom stereocenters. The maximum absolute atomic E-state index is 13.5. The van der Waals surface area contributed by atoms with Crippen LogP contribution in [0.15, 0.2) is 71.7 Å². The molecule has 0 bridgehead atoms. The highest BCUT2D eigenvalue weighted by Gasteiger charge is 2.64. The fraction of sp³-hybridized carbons (Fsp3) is 0.465. The molecule has 3 aromatic carbocycles. The Morgan fingerprint density at radius 1 is 0.965 bits per heavy atom. The molecule has 13 nitrogen and oxygen atoms in total. The third kappa shape index (κ3) is 7.31. The van der Waals surface area contributed by atoms with E-state index in [1.807, 2.05) is 42.5 Å². The molecule has 2 amide bonds. The van der Waals surface area contributed by atoms with Crippen LogP contribution in [-0.4, -0.2) is 95.8 Å². The van der Waals surface area contributed by atoms with Crippen molar-refractivity contribution in [1.29, 1.82) is 5.26 Å². The van der Waals surface area contributed by atoms with E-state index in [0.29, 0.717) is 46.0 Å². The number of nitriles is 1. The number of benzene rings is 3. The Labute approximate surface area is 337 Å². The number of hydrogen-bond acceptors (Lipinski definition) is 10. The first kappa shape index (κ1) is 38.7. The lowest BCUT2D eigenvalue weighted by Crippen LogP contribution is -2.74. The molecule has 4 heterocycles. The summed E-state index contributed by atoms with van der Waals surface area (Å²) < 4.78 is 7.61. The number of ether oxygens (including phenoxy) is 1. The Hall–Kier alpha value is -5.16. The van der Waals surface area contributed by atoms with Crippen molar-refractivity contribution < 1.29 is 19.4 Å². The van der Waals surface area contributed by atoms with Gasteiger partial charge in [-0.15, -0.1) is 0 Å². The molecular weight excluding hydrogens is 744 g/mol. The molecule has 1 saturated carbocycles. The minimum atomic E-state index is -0.885. The van der Waals surface area contributed by atoms with E-state index in [0.717, 1.165) is 62.6 Å². The third-order valence-electron chi connectivity index (χ3n) is 12.6. The number of hydrogen-bond donors (Lipinski definition) is 3. The van der Waals surface area contributed by atoms with Crippen LogP contribution in [0.25, 0.3) is 10.8 Å². The van der Waals surface area contributed by atoms with Crippen molar-refractivity contribution in [3.8, 4) is 11.8 Å². The average Bonchev–Trinajstić information content (AvgIpc) is 3.17. The zero-order chi connectivity index (χ0) is 40.2. The molecule has 4 aliphatic rings. The van der Waals surface area contributed by atoms with Crippen LogP contribution in [-0.2, 0) is 4.79 Å². The Morgan fingerprint density at radius 3 is 2.33 bits per heavy atom. The summed E-state index contributed by atoms with van der Waals surface area (Å²) in [4.78, 5) is 46.3. The quantitative estimate of drug-likeness (QED) is 0.220. The van der Waals surface area contributed by atoms with Gasteiger partial charge < -0.3 is 30.3 Å². The largest absolute Gasteiger partial charge is 0.489 e. The lowest BCUT2D eigenvalue weighted by Gasteiger charge is -2.63. The van der Waals surface area contributed by atoms with Gasteiger partial charge in [-0.05, 0) is 67.4 Å². The summed E-state index contributed by atoms with van der Waals surface area (Å²) in [5, 5.41) is 30.7. The molecule has 0 radical (unpaired) electrons. The molecule has 57 heavy (non-hydrogen) atoms. The number of carbonyl (C=O) groups is 2. The van der Waals surface area contributed by atoms with Gasteiger partial charge in [0, 0.05) is 97.0 Å². The fourth-order valence-electron chi connectivity index (χ4n) is 9.67. The Morgan fingerprint density at radius 2 is 1.67 bits per heavy atom. The van der Waals surface area contributed by atoms with Gasteiger partial charge >= 0.3 is 0 Å². The lowest BCUT2D eigenvalue weighted by molar-refractivity contribution is -0.164. The summed E-state index contributed by atoms with van der Waals surface area (Å²) in [7, 11) is 0. The highest BCUT2D eigenvalue weighted by Crippen LogP contribution is 2.55. The summed E-state index contributed by atoms with van der Waals surface area (Å²) >= 11 is 6.25. The standard InChI is InChI=1S/C43H49ClN8O5/c1-42(2)40(43(3,4)41(42)57-32-11-7-28(21-45)34(44)20-32)48-37(54)27-5-8-30(9-6-27)51-24-26(25-51)23-49-15-17-50(18-16-49)31-10-12-33-29(19-31)22-46-52(39(33)56)35-13-14-36(53)47-38(35)55/h5-12,19-20,22,26,35-36,40-41,53H,13-18,23-25H2,1-4H3,(H,47,55)(H,48,54)/t35?,36-,40?,41?/m1/s1. The number of nitrogens with zero attached hydrogens (tertiary/aromatic N) is 6. The molecule has 4 aromatic rings. The summed E-state index contributed by atoms with van der Waals surface area (Å²) in [6, 6.07) is 20.0. The van der Waals surface area contributed by atoms with Crippen LogP contribution in [0.1, 0.15) is 62.5 Å². The van der Waals surface area contributed by atoms with Crippen molar-refractivity contribution in [3.63, 3.8) is 0 Å². The van der Waals surface area contributed by atoms with Gasteiger partial charge in [-0.2, -0.15) is 10.4 Å². The Kier molecular flexibility index (Phi) is 10.2. The molecule has 3 saturated heterocycles. The van der Waals surface area contributed by atoms with Gasteiger partial charge in [0.2, 0.25) is 5.91 Å².